The maximum absolute atomic E-state index is 13.0. The highest BCUT2D eigenvalue weighted by Crippen LogP contribution is 2.10. The monoisotopic (exact) mass is 369 g/mol. The number of hydrogen-bond acceptors (Lipinski definition) is 3. The van der Waals surface area contributed by atoms with Crippen molar-refractivity contribution in [1.29, 1.82) is 0 Å². The highest BCUT2D eigenvalue weighted by Gasteiger charge is 2.24. The molecule has 0 aliphatic carbocycles. The Hall–Kier alpha value is -2.73. The van der Waals surface area contributed by atoms with Crippen LogP contribution in [0.25, 0.3) is 0 Å². The zero-order chi connectivity index (χ0) is 19.2. The van der Waals surface area contributed by atoms with E-state index in [9.17, 15) is 14.0 Å². The van der Waals surface area contributed by atoms with E-state index in [0.29, 0.717) is 44.8 Å². The minimum absolute atomic E-state index is 0.0159. The SMILES string of the molecule is CN(Cc1ccc(F)cc1)C(=O)CN1CCN(C(=O)c2ccccc2)CC1. The number of nitrogens with zero attached hydrogens (tertiary/aromatic N) is 3. The zero-order valence-corrected chi connectivity index (χ0v) is 15.5. The van der Waals surface area contributed by atoms with E-state index in [1.807, 2.05) is 35.2 Å². The van der Waals surface area contributed by atoms with Crippen LogP contribution in [0.2, 0.25) is 0 Å². The number of rotatable bonds is 5. The molecule has 0 atom stereocenters. The van der Waals surface area contributed by atoms with Crippen molar-refractivity contribution in [2.45, 2.75) is 6.54 Å². The summed E-state index contributed by atoms with van der Waals surface area (Å²) in [5, 5.41) is 0. The van der Waals surface area contributed by atoms with Crippen LogP contribution in [0.1, 0.15) is 15.9 Å². The second kappa shape index (κ2) is 8.77. The van der Waals surface area contributed by atoms with Crippen LogP contribution in [0.3, 0.4) is 0 Å². The van der Waals surface area contributed by atoms with E-state index in [4.69, 9.17) is 0 Å². The minimum Gasteiger partial charge on any atom is -0.340 e. The fraction of sp³-hybridized carbons (Fsp3) is 0.333. The molecule has 0 bridgehead atoms. The fourth-order valence-corrected chi connectivity index (χ4v) is 3.14. The molecule has 1 aliphatic heterocycles. The van der Waals surface area contributed by atoms with E-state index in [2.05, 4.69) is 4.90 Å². The maximum atomic E-state index is 13.0. The quantitative estimate of drug-likeness (QED) is 0.812. The molecule has 0 aromatic heterocycles. The molecule has 2 aromatic rings. The lowest BCUT2D eigenvalue weighted by Gasteiger charge is -2.35. The van der Waals surface area contributed by atoms with Crippen molar-refractivity contribution in [1.82, 2.24) is 14.7 Å². The molecule has 3 rings (SSSR count). The molecule has 5 nitrogen and oxygen atoms in total. The Balaban J connectivity index is 1.46. The van der Waals surface area contributed by atoms with Crippen LogP contribution >= 0.6 is 0 Å². The summed E-state index contributed by atoms with van der Waals surface area (Å²) in [6.07, 6.45) is 0. The van der Waals surface area contributed by atoms with Gasteiger partial charge in [0.05, 0.1) is 6.54 Å². The largest absolute Gasteiger partial charge is 0.340 e. The molecule has 0 unspecified atom stereocenters. The standard InChI is InChI=1S/C21H24FN3O2/c1-23(15-17-7-9-19(22)10-8-17)20(26)16-24-11-13-25(14-12-24)21(27)18-5-3-2-4-6-18/h2-10H,11-16H2,1H3. The van der Waals surface area contributed by atoms with Gasteiger partial charge in [-0.25, -0.2) is 4.39 Å². The van der Waals surface area contributed by atoms with Crippen LogP contribution in [-0.2, 0) is 11.3 Å². The number of likely N-dealkylation sites (N-methyl/N-ethyl adjacent to an activating group) is 1. The Bertz CT molecular complexity index is 772. The lowest BCUT2D eigenvalue weighted by molar-refractivity contribution is -0.132. The van der Waals surface area contributed by atoms with Crippen LogP contribution < -0.4 is 0 Å². The number of benzene rings is 2. The first-order chi connectivity index (χ1) is 13.0. The third kappa shape index (κ3) is 5.14. The highest BCUT2D eigenvalue weighted by atomic mass is 19.1. The summed E-state index contributed by atoms with van der Waals surface area (Å²) in [7, 11) is 1.75. The lowest BCUT2D eigenvalue weighted by atomic mass is 10.2. The van der Waals surface area contributed by atoms with Crippen LogP contribution in [0.4, 0.5) is 4.39 Å². The topological polar surface area (TPSA) is 43.9 Å². The predicted molar refractivity (Wildman–Crippen MR) is 102 cm³/mol. The van der Waals surface area contributed by atoms with Gasteiger partial charge in [0.15, 0.2) is 0 Å². The number of carbonyl (C=O) groups is 2. The smallest absolute Gasteiger partial charge is 0.253 e. The molecule has 0 radical (unpaired) electrons. The van der Waals surface area contributed by atoms with Gasteiger partial charge in [-0.05, 0) is 29.8 Å². The molecular weight excluding hydrogens is 345 g/mol. The average molecular weight is 369 g/mol. The van der Waals surface area contributed by atoms with Gasteiger partial charge in [0.25, 0.3) is 5.91 Å². The molecule has 0 spiro atoms. The summed E-state index contributed by atoms with van der Waals surface area (Å²) in [5.74, 6) is -0.229. The number of halogens is 1. The Morgan fingerprint density at radius 2 is 1.59 bits per heavy atom. The zero-order valence-electron chi connectivity index (χ0n) is 15.5. The fourth-order valence-electron chi connectivity index (χ4n) is 3.14. The van der Waals surface area contributed by atoms with Crippen molar-refractivity contribution in [2.24, 2.45) is 0 Å². The molecule has 1 fully saturated rings. The summed E-state index contributed by atoms with van der Waals surface area (Å²) in [4.78, 5) is 30.5. The molecular formula is C21H24FN3O2. The number of amides is 2. The first-order valence-corrected chi connectivity index (χ1v) is 9.08. The van der Waals surface area contributed by atoms with Gasteiger partial charge >= 0.3 is 0 Å². The molecule has 1 saturated heterocycles. The van der Waals surface area contributed by atoms with Crippen molar-refractivity contribution in [3.8, 4) is 0 Å². The third-order valence-electron chi connectivity index (χ3n) is 4.80. The van der Waals surface area contributed by atoms with Gasteiger partial charge in [0.1, 0.15) is 5.82 Å². The van der Waals surface area contributed by atoms with Crippen molar-refractivity contribution >= 4 is 11.8 Å². The summed E-state index contributed by atoms with van der Waals surface area (Å²) in [6.45, 7) is 3.35. The summed E-state index contributed by atoms with van der Waals surface area (Å²) >= 11 is 0. The van der Waals surface area contributed by atoms with Gasteiger partial charge < -0.3 is 9.80 Å². The van der Waals surface area contributed by atoms with Gasteiger partial charge in [-0.1, -0.05) is 30.3 Å². The molecule has 27 heavy (non-hydrogen) atoms. The van der Waals surface area contributed by atoms with Gasteiger partial charge in [-0.3, -0.25) is 14.5 Å². The van der Waals surface area contributed by atoms with Crippen molar-refractivity contribution in [2.75, 3.05) is 39.8 Å². The molecule has 2 amide bonds. The van der Waals surface area contributed by atoms with Gasteiger partial charge in [0.2, 0.25) is 5.91 Å². The molecule has 142 valence electrons. The number of carbonyl (C=O) groups excluding carboxylic acids is 2. The van der Waals surface area contributed by atoms with E-state index in [1.165, 1.54) is 12.1 Å². The first-order valence-electron chi connectivity index (χ1n) is 9.08. The van der Waals surface area contributed by atoms with Crippen molar-refractivity contribution in [3.63, 3.8) is 0 Å². The molecule has 1 aliphatic rings. The number of piperazine rings is 1. The average Bonchev–Trinajstić information content (AvgIpc) is 2.70. The Morgan fingerprint density at radius 3 is 2.22 bits per heavy atom. The second-order valence-electron chi connectivity index (χ2n) is 6.81. The number of hydrogen-bond donors (Lipinski definition) is 0. The van der Waals surface area contributed by atoms with E-state index in [0.717, 1.165) is 5.56 Å². The summed E-state index contributed by atoms with van der Waals surface area (Å²) in [6, 6.07) is 15.4. The van der Waals surface area contributed by atoms with Crippen molar-refractivity contribution < 1.29 is 14.0 Å². The molecule has 6 heteroatoms. The normalized spacial score (nSPS) is 14.8. The predicted octanol–water partition coefficient (Wildman–Crippen LogP) is 2.24. The minimum atomic E-state index is -0.282. The Labute approximate surface area is 159 Å². The Kier molecular flexibility index (Phi) is 6.19. The van der Waals surface area contributed by atoms with E-state index in [-0.39, 0.29) is 17.6 Å². The van der Waals surface area contributed by atoms with Gasteiger partial charge in [-0.15, -0.1) is 0 Å². The van der Waals surface area contributed by atoms with Crippen molar-refractivity contribution in [3.05, 3.63) is 71.5 Å². The Morgan fingerprint density at radius 1 is 0.963 bits per heavy atom. The van der Waals surface area contributed by atoms with Crippen LogP contribution in [0.5, 0.6) is 0 Å². The van der Waals surface area contributed by atoms with Gasteiger partial charge in [0, 0.05) is 45.3 Å². The molecule has 1 heterocycles. The summed E-state index contributed by atoms with van der Waals surface area (Å²) in [5.41, 5.74) is 1.59. The van der Waals surface area contributed by atoms with E-state index in [1.54, 1.807) is 24.1 Å². The second-order valence-corrected chi connectivity index (χ2v) is 6.81. The summed E-state index contributed by atoms with van der Waals surface area (Å²) < 4.78 is 13.0. The van der Waals surface area contributed by atoms with E-state index < -0.39 is 0 Å². The van der Waals surface area contributed by atoms with E-state index >= 15 is 0 Å². The first kappa shape index (κ1) is 19.0. The van der Waals surface area contributed by atoms with Crippen LogP contribution in [0.15, 0.2) is 54.6 Å². The lowest BCUT2D eigenvalue weighted by Crippen LogP contribution is -2.51. The maximum Gasteiger partial charge on any atom is 0.253 e. The highest BCUT2D eigenvalue weighted by molar-refractivity contribution is 5.94. The molecule has 2 aromatic carbocycles. The van der Waals surface area contributed by atoms with Crippen LogP contribution in [0, 0.1) is 5.82 Å². The van der Waals surface area contributed by atoms with Crippen LogP contribution in [-0.4, -0.2) is 66.3 Å². The third-order valence-corrected chi connectivity index (χ3v) is 4.80. The van der Waals surface area contributed by atoms with Gasteiger partial charge in [-0.2, -0.15) is 0 Å². The molecule has 0 N–H and O–H groups in total. The molecule has 0 saturated carbocycles.